The van der Waals surface area contributed by atoms with Gasteiger partial charge in [-0.2, -0.15) is 0 Å². The molecule has 0 fully saturated rings. The second-order valence-corrected chi connectivity index (χ2v) is 7.61. The summed E-state index contributed by atoms with van der Waals surface area (Å²) in [6, 6.07) is 9.84. The summed E-state index contributed by atoms with van der Waals surface area (Å²) in [4.78, 5) is 10.8. The molecule has 7 heteroatoms. The van der Waals surface area contributed by atoms with E-state index in [0.717, 1.165) is 16.0 Å². The van der Waals surface area contributed by atoms with Gasteiger partial charge in [-0.1, -0.05) is 35.3 Å². The molecule has 4 nitrogen and oxygen atoms in total. The number of aliphatic hydroxyl groups is 1. The normalized spacial score (nSPS) is 13.8. The summed E-state index contributed by atoms with van der Waals surface area (Å²) in [5, 5.41) is 13.6. The zero-order valence-electron chi connectivity index (χ0n) is 13.7. The zero-order chi connectivity index (χ0) is 18.0. The summed E-state index contributed by atoms with van der Waals surface area (Å²) < 4.78 is 0. The van der Waals surface area contributed by atoms with Crippen molar-refractivity contribution in [3.05, 3.63) is 80.0 Å². The molecule has 2 aromatic heterocycles. The summed E-state index contributed by atoms with van der Waals surface area (Å²) in [5.74, 6) is 0. The van der Waals surface area contributed by atoms with Crippen molar-refractivity contribution in [1.82, 2.24) is 14.9 Å². The van der Waals surface area contributed by atoms with Gasteiger partial charge in [0.2, 0.25) is 0 Å². The van der Waals surface area contributed by atoms with Crippen LogP contribution in [0.4, 0.5) is 0 Å². The van der Waals surface area contributed by atoms with Crippen LogP contribution in [0.3, 0.4) is 0 Å². The molecule has 0 aliphatic rings. The summed E-state index contributed by atoms with van der Waals surface area (Å²) in [6.45, 7) is 0. The molecule has 0 aliphatic heterocycles. The van der Waals surface area contributed by atoms with Gasteiger partial charge in [0.25, 0.3) is 0 Å². The van der Waals surface area contributed by atoms with Crippen LogP contribution in [0.25, 0.3) is 0 Å². The first-order valence-electron chi connectivity index (χ1n) is 7.61. The van der Waals surface area contributed by atoms with Crippen LogP contribution in [-0.2, 0) is 0 Å². The Morgan fingerprint density at radius 3 is 2.64 bits per heavy atom. The van der Waals surface area contributed by atoms with E-state index in [9.17, 15) is 5.11 Å². The van der Waals surface area contributed by atoms with E-state index in [-0.39, 0.29) is 11.2 Å². The van der Waals surface area contributed by atoms with Gasteiger partial charge in [0.05, 0.1) is 6.04 Å². The molecule has 0 bridgehead atoms. The summed E-state index contributed by atoms with van der Waals surface area (Å²) in [7, 11) is 4.03. The minimum Gasteiger partial charge on any atom is -0.383 e. The van der Waals surface area contributed by atoms with Crippen molar-refractivity contribution in [2.45, 2.75) is 12.1 Å². The Balaban J connectivity index is 1.95. The Hall–Kier alpha value is -1.50. The number of benzene rings is 1. The minimum absolute atomic E-state index is 0.0402. The van der Waals surface area contributed by atoms with Crippen LogP contribution in [0.1, 0.15) is 33.7 Å². The molecule has 130 valence electrons. The first-order chi connectivity index (χ1) is 12.0. The predicted molar refractivity (Wildman–Crippen MR) is 102 cm³/mol. The van der Waals surface area contributed by atoms with Gasteiger partial charge >= 0.3 is 0 Å². The smallest absolute Gasteiger partial charge is 0.138 e. The molecule has 2 unspecified atom stereocenters. The number of nitrogens with zero attached hydrogens (tertiary/aromatic N) is 3. The first kappa shape index (κ1) is 18.3. The number of rotatable bonds is 5. The molecule has 0 amide bonds. The third-order valence-corrected chi connectivity index (χ3v) is 5.44. The predicted octanol–water partition coefficient (Wildman–Crippen LogP) is 4.58. The molecule has 2 atom stereocenters. The highest BCUT2D eigenvalue weighted by molar-refractivity contribution is 7.10. The van der Waals surface area contributed by atoms with E-state index in [4.69, 9.17) is 23.2 Å². The van der Waals surface area contributed by atoms with E-state index in [1.807, 2.05) is 49.8 Å². The van der Waals surface area contributed by atoms with Gasteiger partial charge in [0.1, 0.15) is 17.6 Å². The monoisotopic (exact) mass is 393 g/mol. The van der Waals surface area contributed by atoms with Crippen molar-refractivity contribution in [2.24, 2.45) is 0 Å². The van der Waals surface area contributed by atoms with Crippen LogP contribution in [-0.4, -0.2) is 34.1 Å². The van der Waals surface area contributed by atoms with Crippen LogP contribution in [0, 0.1) is 0 Å². The molecule has 0 spiro atoms. The minimum atomic E-state index is -0.852. The molecule has 0 radical (unpaired) electrons. The van der Waals surface area contributed by atoms with Crippen molar-refractivity contribution < 1.29 is 5.11 Å². The van der Waals surface area contributed by atoms with Gasteiger partial charge in [0, 0.05) is 21.7 Å². The fourth-order valence-corrected chi connectivity index (χ4v) is 4.11. The van der Waals surface area contributed by atoms with Crippen LogP contribution >= 0.6 is 34.5 Å². The van der Waals surface area contributed by atoms with Crippen molar-refractivity contribution in [1.29, 1.82) is 0 Å². The Morgan fingerprint density at radius 1 is 1.16 bits per heavy atom. The molecule has 3 rings (SSSR count). The fourth-order valence-electron chi connectivity index (χ4n) is 2.78. The molecule has 0 saturated heterocycles. The molecule has 0 saturated carbocycles. The number of hydrogen-bond acceptors (Lipinski definition) is 5. The summed E-state index contributed by atoms with van der Waals surface area (Å²) in [5.41, 5.74) is 2.68. The van der Waals surface area contributed by atoms with E-state index >= 15 is 0 Å². The Kier molecular flexibility index (Phi) is 5.71. The molecular formula is C18H17Cl2N3OS. The second kappa shape index (κ2) is 7.81. The highest BCUT2D eigenvalue weighted by Gasteiger charge is 2.22. The maximum atomic E-state index is 10.6. The van der Waals surface area contributed by atoms with Gasteiger partial charge in [-0.3, -0.25) is 4.90 Å². The van der Waals surface area contributed by atoms with Crippen molar-refractivity contribution in [3.63, 3.8) is 0 Å². The van der Waals surface area contributed by atoms with Gasteiger partial charge in [-0.25, -0.2) is 9.97 Å². The lowest BCUT2D eigenvalue weighted by molar-refractivity contribution is 0.223. The number of halogens is 2. The third kappa shape index (κ3) is 4.02. The number of aromatic nitrogens is 2. The zero-order valence-corrected chi connectivity index (χ0v) is 16.1. The van der Waals surface area contributed by atoms with E-state index in [0.29, 0.717) is 10.6 Å². The summed E-state index contributed by atoms with van der Waals surface area (Å²) >= 11 is 13.7. The van der Waals surface area contributed by atoms with Crippen molar-refractivity contribution in [2.75, 3.05) is 14.1 Å². The van der Waals surface area contributed by atoms with E-state index in [1.165, 1.54) is 17.7 Å². The van der Waals surface area contributed by atoms with Crippen molar-refractivity contribution in [3.8, 4) is 0 Å². The SMILES string of the molecule is CN(C)C(c1cccc(Cl)c1)c1csc(C(O)c2cncnc2Cl)c1. The average Bonchev–Trinajstić information content (AvgIpc) is 3.04. The lowest BCUT2D eigenvalue weighted by atomic mass is 9.99. The third-order valence-electron chi connectivity index (χ3n) is 3.89. The molecular weight excluding hydrogens is 377 g/mol. The van der Waals surface area contributed by atoms with Crippen LogP contribution in [0.2, 0.25) is 10.2 Å². The quantitative estimate of drug-likeness (QED) is 0.644. The largest absolute Gasteiger partial charge is 0.383 e. The average molecular weight is 394 g/mol. The van der Waals surface area contributed by atoms with Gasteiger partial charge in [-0.15, -0.1) is 11.3 Å². The maximum absolute atomic E-state index is 10.6. The number of aliphatic hydroxyl groups excluding tert-OH is 1. The van der Waals surface area contributed by atoms with E-state index in [1.54, 1.807) is 6.20 Å². The topological polar surface area (TPSA) is 49.2 Å². The molecule has 0 aliphatic carbocycles. The fraction of sp³-hybridized carbons (Fsp3) is 0.222. The lowest BCUT2D eigenvalue weighted by Gasteiger charge is -2.24. The first-order valence-corrected chi connectivity index (χ1v) is 9.24. The van der Waals surface area contributed by atoms with Gasteiger partial charge < -0.3 is 5.11 Å². The van der Waals surface area contributed by atoms with Gasteiger partial charge in [-0.05, 0) is 48.8 Å². The maximum Gasteiger partial charge on any atom is 0.138 e. The molecule has 3 aromatic rings. The van der Waals surface area contributed by atoms with Crippen LogP contribution < -0.4 is 0 Å². The second-order valence-electron chi connectivity index (χ2n) is 5.87. The highest BCUT2D eigenvalue weighted by atomic mass is 35.5. The number of thiophene rings is 1. The molecule has 2 heterocycles. The Morgan fingerprint density at radius 2 is 1.96 bits per heavy atom. The lowest BCUT2D eigenvalue weighted by Crippen LogP contribution is -2.20. The van der Waals surface area contributed by atoms with Crippen molar-refractivity contribution >= 4 is 34.5 Å². The van der Waals surface area contributed by atoms with Crippen LogP contribution in [0.15, 0.2) is 48.2 Å². The highest BCUT2D eigenvalue weighted by Crippen LogP contribution is 2.36. The van der Waals surface area contributed by atoms with E-state index < -0.39 is 6.10 Å². The Labute approximate surface area is 160 Å². The van der Waals surface area contributed by atoms with Crippen LogP contribution in [0.5, 0.6) is 0 Å². The molecule has 1 aromatic carbocycles. The Bertz CT molecular complexity index is 869. The van der Waals surface area contributed by atoms with E-state index in [2.05, 4.69) is 14.9 Å². The number of hydrogen-bond donors (Lipinski definition) is 1. The molecule has 25 heavy (non-hydrogen) atoms. The summed E-state index contributed by atoms with van der Waals surface area (Å²) in [6.07, 6.45) is 2.05. The standard InChI is InChI=1S/C18H17Cl2N3OS/c1-23(2)16(11-4-3-5-13(19)6-11)12-7-15(25-9-12)17(24)14-8-21-10-22-18(14)20/h3-10,16-17,24H,1-2H3. The van der Waals surface area contributed by atoms with Gasteiger partial charge in [0.15, 0.2) is 0 Å². The molecule has 1 N–H and O–H groups in total.